The van der Waals surface area contributed by atoms with Crippen molar-refractivity contribution < 1.29 is 14.3 Å². The van der Waals surface area contributed by atoms with Crippen molar-refractivity contribution in [3.05, 3.63) is 56.4 Å². The number of hydrogen-bond donors (Lipinski definition) is 0. The van der Waals surface area contributed by atoms with Gasteiger partial charge >= 0.3 is 5.97 Å². The monoisotopic (exact) mass is 420 g/mol. The molecule has 1 aromatic carbocycles. The van der Waals surface area contributed by atoms with Crippen LogP contribution < -0.4 is 10.3 Å². The molecular formula is C20H21ClN2O4S. The molecule has 0 saturated heterocycles. The molecule has 28 heavy (non-hydrogen) atoms. The van der Waals surface area contributed by atoms with Crippen LogP contribution in [0.3, 0.4) is 0 Å². The summed E-state index contributed by atoms with van der Waals surface area (Å²) in [5.74, 6) is 0.310. The maximum absolute atomic E-state index is 12.8. The van der Waals surface area contributed by atoms with Gasteiger partial charge in [-0.15, -0.1) is 11.3 Å². The molecular weight excluding hydrogens is 400 g/mol. The highest BCUT2D eigenvalue weighted by Crippen LogP contribution is 2.27. The van der Waals surface area contributed by atoms with Crippen LogP contribution in [-0.4, -0.2) is 28.2 Å². The average molecular weight is 421 g/mol. The standard InChI is InChI=1S/C20H21ClN2O4S/c1-12(2)27-20(25)17-13(3)16-18(28-17)22-11-23(19(16)24)9-4-10-26-15-7-5-14(21)6-8-15/h5-8,11-12H,4,9-10H2,1-3H3. The Balaban J connectivity index is 1.71. The Hall–Kier alpha value is -2.38. The quantitative estimate of drug-likeness (QED) is 0.417. The van der Waals surface area contributed by atoms with Gasteiger partial charge < -0.3 is 9.47 Å². The number of aryl methyl sites for hydroxylation is 2. The summed E-state index contributed by atoms with van der Waals surface area (Å²) in [7, 11) is 0. The molecule has 6 nitrogen and oxygen atoms in total. The zero-order valence-corrected chi connectivity index (χ0v) is 17.5. The van der Waals surface area contributed by atoms with E-state index in [0.717, 1.165) is 5.75 Å². The molecule has 3 rings (SSSR count). The van der Waals surface area contributed by atoms with Gasteiger partial charge in [0.1, 0.15) is 15.5 Å². The predicted octanol–water partition coefficient (Wildman–Crippen LogP) is 4.45. The van der Waals surface area contributed by atoms with Crippen molar-refractivity contribution in [2.45, 2.75) is 39.8 Å². The molecule has 0 aliphatic carbocycles. The molecule has 2 heterocycles. The maximum atomic E-state index is 12.8. The zero-order chi connectivity index (χ0) is 20.3. The van der Waals surface area contributed by atoms with E-state index < -0.39 is 5.97 Å². The van der Waals surface area contributed by atoms with Crippen LogP contribution in [0.1, 0.15) is 35.5 Å². The second-order valence-corrected chi connectivity index (χ2v) is 8.02. The van der Waals surface area contributed by atoms with Crippen molar-refractivity contribution in [1.82, 2.24) is 9.55 Å². The number of ether oxygens (including phenoxy) is 2. The predicted molar refractivity (Wildman–Crippen MR) is 111 cm³/mol. The van der Waals surface area contributed by atoms with Crippen LogP contribution in [0.15, 0.2) is 35.4 Å². The lowest BCUT2D eigenvalue weighted by atomic mass is 10.2. The minimum absolute atomic E-state index is 0.158. The number of rotatable bonds is 7. The molecule has 0 amide bonds. The van der Waals surface area contributed by atoms with Gasteiger partial charge in [0.05, 0.1) is 24.4 Å². The number of nitrogens with zero attached hydrogens (tertiary/aromatic N) is 2. The Kier molecular flexibility index (Phi) is 6.36. The highest BCUT2D eigenvalue weighted by Gasteiger charge is 2.21. The zero-order valence-electron chi connectivity index (χ0n) is 15.9. The fourth-order valence-corrected chi connectivity index (χ4v) is 3.88. The summed E-state index contributed by atoms with van der Waals surface area (Å²) in [5, 5.41) is 1.13. The third kappa shape index (κ3) is 4.54. The number of hydrogen-bond acceptors (Lipinski definition) is 6. The van der Waals surface area contributed by atoms with E-state index in [4.69, 9.17) is 21.1 Å². The lowest BCUT2D eigenvalue weighted by Gasteiger charge is -2.08. The average Bonchev–Trinajstić information content (AvgIpc) is 2.99. The van der Waals surface area contributed by atoms with Gasteiger partial charge in [0.2, 0.25) is 0 Å². The number of carbonyl (C=O) groups is 1. The van der Waals surface area contributed by atoms with Crippen molar-refractivity contribution in [3.8, 4) is 5.75 Å². The van der Waals surface area contributed by atoms with Crippen LogP contribution in [0.4, 0.5) is 0 Å². The topological polar surface area (TPSA) is 70.4 Å². The van der Waals surface area contributed by atoms with Gasteiger partial charge in [0, 0.05) is 11.6 Å². The number of esters is 1. The molecule has 0 fully saturated rings. The Morgan fingerprint density at radius 3 is 2.68 bits per heavy atom. The third-order valence-electron chi connectivity index (χ3n) is 4.07. The molecule has 3 aromatic rings. The molecule has 148 valence electrons. The van der Waals surface area contributed by atoms with E-state index in [-0.39, 0.29) is 11.7 Å². The summed E-state index contributed by atoms with van der Waals surface area (Å²) in [5.41, 5.74) is 0.462. The fourth-order valence-electron chi connectivity index (χ4n) is 2.74. The summed E-state index contributed by atoms with van der Waals surface area (Å²) >= 11 is 7.04. The first-order valence-electron chi connectivity index (χ1n) is 8.94. The molecule has 2 aromatic heterocycles. The van der Waals surface area contributed by atoms with Crippen molar-refractivity contribution in [1.29, 1.82) is 0 Å². The minimum Gasteiger partial charge on any atom is -0.494 e. The van der Waals surface area contributed by atoms with E-state index in [1.165, 1.54) is 17.7 Å². The smallest absolute Gasteiger partial charge is 0.348 e. The fraction of sp³-hybridized carbons (Fsp3) is 0.350. The van der Waals surface area contributed by atoms with E-state index >= 15 is 0 Å². The Bertz CT molecular complexity index is 1040. The van der Waals surface area contributed by atoms with Crippen molar-refractivity contribution in [2.75, 3.05) is 6.61 Å². The number of aromatic nitrogens is 2. The molecule has 0 spiro atoms. The normalized spacial score (nSPS) is 11.2. The molecule has 0 radical (unpaired) electrons. The van der Waals surface area contributed by atoms with Gasteiger partial charge in [-0.25, -0.2) is 9.78 Å². The molecule has 0 saturated carbocycles. The van der Waals surface area contributed by atoms with Gasteiger partial charge in [0.15, 0.2) is 0 Å². The second kappa shape index (κ2) is 8.75. The number of halogens is 1. The first kappa shape index (κ1) is 20.4. The van der Waals surface area contributed by atoms with E-state index in [1.54, 1.807) is 49.6 Å². The SMILES string of the molecule is Cc1c(C(=O)OC(C)C)sc2ncn(CCCOc3ccc(Cl)cc3)c(=O)c12. The van der Waals surface area contributed by atoms with Gasteiger partial charge in [0.25, 0.3) is 5.56 Å². The van der Waals surface area contributed by atoms with Crippen molar-refractivity contribution >= 4 is 39.1 Å². The van der Waals surface area contributed by atoms with Crippen LogP contribution in [0, 0.1) is 6.92 Å². The van der Waals surface area contributed by atoms with Crippen molar-refractivity contribution in [2.24, 2.45) is 0 Å². The first-order chi connectivity index (χ1) is 13.4. The molecule has 0 unspecified atom stereocenters. The molecule has 0 atom stereocenters. The van der Waals surface area contributed by atoms with E-state index in [1.807, 2.05) is 0 Å². The van der Waals surface area contributed by atoms with Crippen molar-refractivity contribution in [3.63, 3.8) is 0 Å². The highest BCUT2D eigenvalue weighted by molar-refractivity contribution is 7.20. The number of carbonyl (C=O) groups excluding carboxylic acids is 1. The number of fused-ring (bicyclic) bond motifs is 1. The first-order valence-corrected chi connectivity index (χ1v) is 10.1. The van der Waals surface area contributed by atoms with Crippen LogP contribution in [0.25, 0.3) is 10.2 Å². The van der Waals surface area contributed by atoms with Gasteiger partial charge in [-0.05, 0) is 57.0 Å². The molecule has 0 aliphatic heterocycles. The highest BCUT2D eigenvalue weighted by atomic mass is 35.5. The third-order valence-corrected chi connectivity index (χ3v) is 5.50. The molecule has 0 N–H and O–H groups in total. The van der Waals surface area contributed by atoms with Gasteiger partial charge in [-0.1, -0.05) is 11.6 Å². The lowest BCUT2D eigenvalue weighted by molar-refractivity contribution is 0.0383. The van der Waals surface area contributed by atoms with Crippen LogP contribution in [0.5, 0.6) is 5.75 Å². The maximum Gasteiger partial charge on any atom is 0.348 e. The lowest BCUT2D eigenvalue weighted by Crippen LogP contribution is -2.21. The molecule has 0 bridgehead atoms. The number of thiophene rings is 1. The number of benzene rings is 1. The second-order valence-electron chi connectivity index (χ2n) is 6.59. The minimum atomic E-state index is -0.419. The van der Waals surface area contributed by atoms with E-state index in [9.17, 15) is 9.59 Å². The van der Waals surface area contributed by atoms with Gasteiger partial charge in [-0.3, -0.25) is 9.36 Å². The van der Waals surface area contributed by atoms with Gasteiger partial charge in [-0.2, -0.15) is 0 Å². The van der Waals surface area contributed by atoms with Crippen LogP contribution >= 0.6 is 22.9 Å². The Labute approximate surface area is 171 Å². The Morgan fingerprint density at radius 1 is 1.29 bits per heavy atom. The van der Waals surface area contributed by atoms with Crippen LogP contribution in [0.2, 0.25) is 5.02 Å². The van der Waals surface area contributed by atoms with Crippen LogP contribution in [-0.2, 0) is 11.3 Å². The summed E-state index contributed by atoms with van der Waals surface area (Å²) < 4.78 is 12.5. The Morgan fingerprint density at radius 2 is 2.00 bits per heavy atom. The summed E-state index contributed by atoms with van der Waals surface area (Å²) in [6, 6.07) is 7.13. The molecule has 0 aliphatic rings. The largest absolute Gasteiger partial charge is 0.494 e. The van der Waals surface area contributed by atoms with E-state index in [2.05, 4.69) is 4.98 Å². The van der Waals surface area contributed by atoms with E-state index in [0.29, 0.717) is 45.3 Å². The summed E-state index contributed by atoms with van der Waals surface area (Å²) in [4.78, 5) is 30.4. The molecule has 8 heteroatoms. The summed E-state index contributed by atoms with van der Waals surface area (Å²) in [6.45, 7) is 6.26. The summed E-state index contributed by atoms with van der Waals surface area (Å²) in [6.07, 6.45) is 1.93.